The summed E-state index contributed by atoms with van der Waals surface area (Å²) >= 11 is 0. The van der Waals surface area contributed by atoms with Crippen molar-refractivity contribution < 1.29 is 9.47 Å². The van der Waals surface area contributed by atoms with Crippen LogP contribution in [0, 0.1) is 0 Å². The third kappa shape index (κ3) is 6.20. The molecule has 0 radical (unpaired) electrons. The van der Waals surface area contributed by atoms with Gasteiger partial charge in [-0.2, -0.15) is 0 Å². The van der Waals surface area contributed by atoms with E-state index in [2.05, 4.69) is 217 Å². The van der Waals surface area contributed by atoms with Crippen LogP contribution in [0.4, 0.5) is 0 Å². The van der Waals surface area contributed by atoms with Crippen LogP contribution in [0.15, 0.2) is 146 Å². The first kappa shape index (κ1) is 44.8. The maximum atomic E-state index is 7.82. The fraction of sp³-hybridized carbons (Fsp3) is 0.217. The highest BCUT2D eigenvalue weighted by molar-refractivity contribution is 7.02. The fourth-order valence-electron chi connectivity index (χ4n) is 13.7. The molecular weight excluding hydrogens is 910 g/mol. The van der Waals surface area contributed by atoms with E-state index in [4.69, 9.17) is 9.47 Å². The highest BCUT2D eigenvalue weighted by Gasteiger charge is 2.50. The van der Waals surface area contributed by atoms with Crippen LogP contribution in [0.2, 0.25) is 0 Å². The number of aromatic nitrogens is 2. The van der Waals surface area contributed by atoms with Crippen molar-refractivity contribution in [2.75, 3.05) is 0 Å². The van der Waals surface area contributed by atoms with Crippen molar-refractivity contribution in [3.8, 4) is 56.6 Å². The van der Waals surface area contributed by atoms with Gasteiger partial charge in [-0.05, 0) is 163 Å². The summed E-state index contributed by atoms with van der Waals surface area (Å²) in [6.45, 7) is 20.3. The van der Waals surface area contributed by atoms with Crippen molar-refractivity contribution >= 4 is 89.8 Å². The lowest BCUT2D eigenvalue weighted by Crippen LogP contribution is -2.63. The lowest BCUT2D eigenvalue weighted by Gasteiger charge is -2.41. The largest absolute Gasteiger partial charge is 0.456 e. The van der Waals surface area contributed by atoms with E-state index < -0.39 is 0 Å². The zero-order valence-corrected chi connectivity index (χ0v) is 44.6. The molecule has 6 heteroatoms. The van der Waals surface area contributed by atoms with Gasteiger partial charge in [0, 0.05) is 43.5 Å². The molecule has 0 amide bonds. The maximum absolute atomic E-state index is 7.82. The Hall–Kier alpha value is -7.69. The summed E-state index contributed by atoms with van der Waals surface area (Å²) in [4.78, 5) is 0. The van der Waals surface area contributed by atoms with Crippen molar-refractivity contribution in [3.05, 3.63) is 179 Å². The third-order valence-electron chi connectivity index (χ3n) is 17.8. The minimum Gasteiger partial charge on any atom is -0.456 e. The molecule has 0 atom stereocenters. The zero-order valence-electron chi connectivity index (χ0n) is 44.6. The van der Waals surface area contributed by atoms with Crippen LogP contribution in [0.1, 0.15) is 102 Å². The van der Waals surface area contributed by atoms with E-state index in [9.17, 15) is 0 Å². The second-order valence-electron chi connectivity index (χ2n) is 23.3. The Balaban J connectivity index is 1.10. The molecule has 75 heavy (non-hydrogen) atoms. The van der Waals surface area contributed by atoms with Gasteiger partial charge in [0.15, 0.2) is 0 Å². The van der Waals surface area contributed by atoms with Crippen molar-refractivity contribution in [1.29, 1.82) is 0 Å². The minimum absolute atomic E-state index is 0.0626. The van der Waals surface area contributed by atoms with E-state index in [1.165, 1.54) is 132 Å². The predicted octanol–water partition coefficient (Wildman–Crippen LogP) is 13.8. The number of hydrogen-bond donors (Lipinski definition) is 0. The molecule has 6 heterocycles. The standard InChI is InChI=1S/C69H60B2N2O2/c1-10-39-14-26-57-49(30-39)51-32-41(12-3)34-55-63(51)72(57)65-61-67(74-59-28-22-46(36-53(59)70(55)61)44-18-16-43(17-19-44)38(5)6)66-62-68(65)75-60-29-23-47(45-20-24-48(25-21-45)69(7,8)9)37-54(60)71(62)56-35-42(13-4)33-52-50-31-40(11-2)15-27-58(50)73(66)64(52)56/h14-38H,10-13H2,1-9H3. The first-order valence-electron chi connectivity index (χ1n) is 27.7. The van der Waals surface area contributed by atoms with Gasteiger partial charge >= 0.3 is 0 Å². The van der Waals surface area contributed by atoms with Gasteiger partial charge in [-0.1, -0.05) is 159 Å². The van der Waals surface area contributed by atoms with Crippen molar-refractivity contribution in [3.63, 3.8) is 0 Å². The summed E-state index contributed by atoms with van der Waals surface area (Å²) in [6.07, 6.45) is 3.80. The molecule has 0 aliphatic carbocycles. The number of aryl methyl sites for hydroxylation is 4. The molecule has 2 aromatic heterocycles. The number of hydrogen-bond acceptors (Lipinski definition) is 2. The molecule has 4 aliphatic rings. The Kier molecular flexibility index (Phi) is 9.50. The second-order valence-corrected chi connectivity index (χ2v) is 23.3. The van der Waals surface area contributed by atoms with E-state index in [1.54, 1.807) is 0 Å². The molecule has 0 unspecified atom stereocenters. The molecule has 11 aromatic rings. The van der Waals surface area contributed by atoms with Gasteiger partial charge in [0.1, 0.15) is 23.0 Å². The van der Waals surface area contributed by atoms with Gasteiger partial charge in [-0.15, -0.1) is 0 Å². The van der Waals surface area contributed by atoms with E-state index in [1.807, 2.05) is 0 Å². The van der Waals surface area contributed by atoms with Crippen LogP contribution in [0.3, 0.4) is 0 Å². The van der Waals surface area contributed by atoms with E-state index in [-0.39, 0.29) is 18.8 Å². The van der Waals surface area contributed by atoms with Crippen molar-refractivity contribution in [2.24, 2.45) is 0 Å². The molecule has 0 saturated carbocycles. The van der Waals surface area contributed by atoms with Crippen LogP contribution in [0.5, 0.6) is 23.0 Å². The third-order valence-corrected chi connectivity index (χ3v) is 17.8. The molecule has 15 rings (SSSR count). The van der Waals surface area contributed by atoms with E-state index >= 15 is 0 Å². The normalized spacial score (nSPS) is 13.6. The van der Waals surface area contributed by atoms with E-state index in [0.717, 1.165) is 60.1 Å². The summed E-state index contributed by atoms with van der Waals surface area (Å²) in [6, 6.07) is 56.7. The summed E-state index contributed by atoms with van der Waals surface area (Å²) in [5.74, 6) is 4.14. The van der Waals surface area contributed by atoms with Gasteiger partial charge in [-0.3, -0.25) is 0 Å². The minimum atomic E-state index is -0.141. The lowest BCUT2D eigenvalue weighted by molar-refractivity contribution is 0.472. The number of rotatable bonds is 7. The number of ether oxygens (including phenoxy) is 2. The zero-order chi connectivity index (χ0) is 50.9. The molecule has 9 aromatic carbocycles. The Morgan fingerprint density at radius 3 is 1.25 bits per heavy atom. The van der Waals surface area contributed by atoms with Gasteiger partial charge < -0.3 is 18.6 Å². The van der Waals surface area contributed by atoms with Gasteiger partial charge in [0.05, 0.1) is 22.4 Å². The first-order valence-corrected chi connectivity index (χ1v) is 27.7. The SMILES string of the molecule is CCc1ccc2c(c1)c1cc(CC)cc3c1n2-c1c2c4c(c5c1B3c1cc(-c3ccc(C(C)(C)C)cc3)ccc1O5)-n1c3ccc(CC)cc3c3cc(CC)cc(c31)B4c1cc(-c3ccc(C(C)C)cc3)ccc1O2. The highest BCUT2D eigenvalue weighted by atomic mass is 16.5. The predicted molar refractivity (Wildman–Crippen MR) is 319 cm³/mol. The average molecular weight is 971 g/mol. The number of benzene rings is 9. The summed E-state index contributed by atoms with van der Waals surface area (Å²) in [5.41, 5.74) is 27.4. The summed E-state index contributed by atoms with van der Waals surface area (Å²) in [5, 5.41) is 5.18. The monoisotopic (exact) mass is 970 g/mol. The highest BCUT2D eigenvalue weighted by Crippen LogP contribution is 2.49. The van der Waals surface area contributed by atoms with Crippen molar-refractivity contribution in [1.82, 2.24) is 9.13 Å². The maximum Gasteiger partial charge on any atom is 0.256 e. The Labute approximate surface area is 441 Å². The Bertz CT molecular complexity index is 4300. The fourth-order valence-corrected chi connectivity index (χ4v) is 13.7. The van der Waals surface area contributed by atoms with Gasteiger partial charge in [-0.25, -0.2) is 0 Å². The Morgan fingerprint density at radius 2 is 0.840 bits per heavy atom. The average Bonchev–Trinajstić information content (AvgIpc) is 4.21. The summed E-state index contributed by atoms with van der Waals surface area (Å²) < 4.78 is 20.8. The van der Waals surface area contributed by atoms with Crippen LogP contribution >= 0.6 is 0 Å². The van der Waals surface area contributed by atoms with Crippen LogP contribution in [0.25, 0.3) is 77.2 Å². The molecule has 4 aliphatic heterocycles. The lowest BCUT2D eigenvalue weighted by atomic mass is 9.31. The molecule has 364 valence electrons. The molecule has 4 nitrogen and oxygen atoms in total. The molecule has 0 fully saturated rings. The van der Waals surface area contributed by atoms with Gasteiger partial charge in [0.25, 0.3) is 13.4 Å². The number of nitrogens with zero attached hydrogens (tertiary/aromatic N) is 2. The Morgan fingerprint density at radius 1 is 0.427 bits per heavy atom. The molecule has 0 saturated heterocycles. The first-order chi connectivity index (χ1) is 36.4. The molecular formula is C69H60B2N2O2. The van der Waals surface area contributed by atoms with Crippen LogP contribution in [-0.4, -0.2) is 22.6 Å². The smallest absolute Gasteiger partial charge is 0.256 e. The molecule has 0 N–H and O–H groups in total. The number of fused-ring (bicyclic) bond motifs is 16. The molecule has 0 bridgehead atoms. The summed E-state index contributed by atoms with van der Waals surface area (Å²) in [7, 11) is 0. The van der Waals surface area contributed by atoms with E-state index in [0.29, 0.717) is 5.92 Å². The van der Waals surface area contributed by atoms with Crippen LogP contribution in [-0.2, 0) is 31.1 Å². The quantitative estimate of drug-likeness (QED) is 0.149. The van der Waals surface area contributed by atoms with Gasteiger partial charge in [0.2, 0.25) is 0 Å². The van der Waals surface area contributed by atoms with Crippen molar-refractivity contribution in [2.45, 2.75) is 99.3 Å². The van der Waals surface area contributed by atoms with Crippen LogP contribution < -0.4 is 42.3 Å². The molecule has 0 spiro atoms. The topological polar surface area (TPSA) is 28.3 Å². The second kappa shape index (κ2) is 15.9.